The summed E-state index contributed by atoms with van der Waals surface area (Å²) in [6.45, 7) is 3.14. The van der Waals surface area contributed by atoms with Crippen molar-refractivity contribution in [1.82, 2.24) is 10.5 Å². The van der Waals surface area contributed by atoms with Crippen molar-refractivity contribution >= 4 is 35.2 Å². The summed E-state index contributed by atoms with van der Waals surface area (Å²) >= 11 is 6.02. The predicted molar refractivity (Wildman–Crippen MR) is 114 cm³/mol. The van der Waals surface area contributed by atoms with Crippen LogP contribution in [-0.4, -0.2) is 29.0 Å². The average molecular weight is 442 g/mol. The van der Waals surface area contributed by atoms with Crippen LogP contribution in [0.3, 0.4) is 0 Å². The lowest BCUT2D eigenvalue weighted by atomic mass is 10.1. The Hall–Kier alpha value is -3.65. The zero-order valence-corrected chi connectivity index (χ0v) is 17.6. The van der Waals surface area contributed by atoms with Crippen LogP contribution in [0.4, 0.5) is 5.82 Å². The van der Waals surface area contributed by atoms with Gasteiger partial charge < -0.3 is 19.9 Å². The summed E-state index contributed by atoms with van der Waals surface area (Å²) in [4.78, 5) is 37.9. The summed E-state index contributed by atoms with van der Waals surface area (Å²) in [6, 6.07) is 15.5. The number of nitrogens with one attached hydrogen (secondary N) is 2. The number of carbonyl (C=O) groups is 3. The second kappa shape index (κ2) is 9.90. The number of aromatic nitrogens is 1. The summed E-state index contributed by atoms with van der Waals surface area (Å²) in [5.41, 5.74) is 0.681. The van der Waals surface area contributed by atoms with E-state index in [1.807, 2.05) is 0 Å². The largest absolute Gasteiger partial charge is 0.446 e. The van der Waals surface area contributed by atoms with E-state index < -0.39 is 29.9 Å². The van der Waals surface area contributed by atoms with E-state index in [0.29, 0.717) is 11.3 Å². The first kappa shape index (κ1) is 22.0. The maximum absolute atomic E-state index is 12.8. The van der Waals surface area contributed by atoms with E-state index in [9.17, 15) is 14.4 Å². The van der Waals surface area contributed by atoms with Crippen molar-refractivity contribution in [2.75, 3.05) is 5.32 Å². The van der Waals surface area contributed by atoms with Crippen LogP contribution in [0.15, 0.2) is 65.2 Å². The zero-order valence-electron chi connectivity index (χ0n) is 16.8. The van der Waals surface area contributed by atoms with E-state index >= 15 is 0 Å². The Kier molecular flexibility index (Phi) is 7.04. The minimum absolute atomic E-state index is 0.194. The zero-order chi connectivity index (χ0) is 22.4. The number of nitrogens with zero attached hydrogens (tertiary/aromatic N) is 1. The standard InChI is InChI=1S/C22H20ClN3O5/c1-13-12-18(26-31-13)25-21(28)19(15-8-4-3-5-9-15)30-22(29)14(2)24-20(27)16-10-6-7-11-17(16)23/h3-12,14,19H,1-2H3,(H,24,27)(H,25,26,28)/t14-,19?/m0/s1. The fraction of sp³-hybridized carbons (Fsp3) is 0.182. The number of carbonyl (C=O) groups excluding carboxylic acids is 3. The number of aryl methyl sites for hydroxylation is 1. The number of ether oxygens (including phenoxy) is 1. The van der Waals surface area contributed by atoms with Crippen molar-refractivity contribution in [2.24, 2.45) is 0 Å². The lowest BCUT2D eigenvalue weighted by molar-refractivity contribution is -0.156. The van der Waals surface area contributed by atoms with Crippen LogP contribution in [0.25, 0.3) is 0 Å². The van der Waals surface area contributed by atoms with Gasteiger partial charge in [-0.25, -0.2) is 4.79 Å². The van der Waals surface area contributed by atoms with Gasteiger partial charge in [-0.3, -0.25) is 9.59 Å². The highest BCUT2D eigenvalue weighted by Crippen LogP contribution is 2.21. The van der Waals surface area contributed by atoms with Crippen LogP contribution in [0.2, 0.25) is 5.02 Å². The van der Waals surface area contributed by atoms with Crippen molar-refractivity contribution in [1.29, 1.82) is 0 Å². The first-order chi connectivity index (χ1) is 14.8. The van der Waals surface area contributed by atoms with E-state index in [2.05, 4.69) is 15.8 Å². The molecule has 8 nitrogen and oxygen atoms in total. The highest BCUT2D eigenvalue weighted by atomic mass is 35.5. The maximum atomic E-state index is 12.8. The van der Waals surface area contributed by atoms with Crippen LogP contribution in [0.5, 0.6) is 0 Å². The summed E-state index contributed by atoms with van der Waals surface area (Å²) in [5.74, 6) is -1.23. The molecule has 160 valence electrons. The third-order valence-electron chi connectivity index (χ3n) is 4.27. The van der Waals surface area contributed by atoms with E-state index in [1.54, 1.807) is 55.5 Å². The minimum atomic E-state index is -1.26. The molecule has 0 saturated heterocycles. The second-order valence-electron chi connectivity index (χ2n) is 6.71. The molecule has 0 aliphatic heterocycles. The summed E-state index contributed by atoms with van der Waals surface area (Å²) in [5, 5.41) is 9.05. The van der Waals surface area contributed by atoms with E-state index in [4.69, 9.17) is 20.9 Å². The van der Waals surface area contributed by atoms with Gasteiger partial charge in [0.25, 0.3) is 11.8 Å². The Morgan fingerprint density at radius 1 is 1.06 bits per heavy atom. The van der Waals surface area contributed by atoms with Gasteiger partial charge in [-0.15, -0.1) is 0 Å². The normalized spacial score (nSPS) is 12.5. The van der Waals surface area contributed by atoms with Crippen LogP contribution in [0, 0.1) is 6.92 Å². The minimum Gasteiger partial charge on any atom is -0.446 e. The molecule has 2 amide bonds. The molecule has 0 fully saturated rings. The fourth-order valence-corrected chi connectivity index (χ4v) is 2.94. The number of hydrogen-bond acceptors (Lipinski definition) is 6. The summed E-state index contributed by atoms with van der Waals surface area (Å²) in [6.07, 6.45) is -1.26. The van der Waals surface area contributed by atoms with Gasteiger partial charge in [0.1, 0.15) is 11.8 Å². The Labute approximate surface area is 183 Å². The number of halogens is 1. The molecule has 1 unspecified atom stereocenters. The van der Waals surface area contributed by atoms with E-state index in [0.717, 1.165) is 0 Å². The second-order valence-corrected chi connectivity index (χ2v) is 7.12. The molecule has 31 heavy (non-hydrogen) atoms. The molecule has 0 radical (unpaired) electrons. The molecule has 0 bridgehead atoms. The van der Waals surface area contributed by atoms with Crippen LogP contribution >= 0.6 is 11.6 Å². The van der Waals surface area contributed by atoms with Gasteiger partial charge in [-0.2, -0.15) is 0 Å². The maximum Gasteiger partial charge on any atom is 0.329 e. The monoisotopic (exact) mass is 441 g/mol. The number of anilines is 1. The molecule has 3 rings (SSSR count). The highest BCUT2D eigenvalue weighted by molar-refractivity contribution is 6.33. The summed E-state index contributed by atoms with van der Waals surface area (Å²) < 4.78 is 10.4. The molecular formula is C22H20ClN3O5. The molecule has 1 heterocycles. The van der Waals surface area contributed by atoms with E-state index in [-0.39, 0.29) is 16.4 Å². The van der Waals surface area contributed by atoms with Gasteiger partial charge in [-0.05, 0) is 26.0 Å². The smallest absolute Gasteiger partial charge is 0.329 e. The predicted octanol–water partition coefficient (Wildman–Crippen LogP) is 3.68. The van der Waals surface area contributed by atoms with E-state index in [1.165, 1.54) is 19.1 Å². The molecule has 0 saturated carbocycles. The Morgan fingerprint density at radius 2 is 1.74 bits per heavy atom. The van der Waals surface area contributed by atoms with Crippen LogP contribution in [0.1, 0.15) is 34.7 Å². The lowest BCUT2D eigenvalue weighted by Crippen LogP contribution is -2.41. The molecule has 3 aromatic rings. The average Bonchev–Trinajstić information content (AvgIpc) is 3.16. The molecule has 2 aromatic carbocycles. The van der Waals surface area contributed by atoms with Gasteiger partial charge >= 0.3 is 5.97 Å². The summed E-state index contributed by atoms with van der Waals surface area (Å²) in [7, 11) is 0. The number of hydrogen-bond donors (Lipinski definition) is 2. The van der Waals surface area contributed by atoms with Crippen LogP contribution < -0.4 is 10.6 Å². The molecule has 9 heteroatoms. The number of esters is 1. The van der Waals surface area contributed by atoms with Crippen molar-refractivity contribution in [2.45, 2.75) is 26.0 Å². The first-order valence-corrected chi connectivity index (χ1v) is 9.78. The van der Waals surface area contributed by atoms with Crippen molar-refractivity contribution in [3.63, 3.8) is 0 Å². The SMILES string of the molecule is Cc1cc(NC(=O)C(OC(=O)[C@H](C)NC(=O)c2ccccc2Cl)c2ccccc2)no1. The lowest BCUT2D eigenvalue weighted by Gasteiger charge is -2.20. The third kappa shape index (κ3) is 5.70. The van der Waals surface area contributed by atoms with Gasteiger partial charge in [0.05, 0.1) is 10.6 Å². The molecule has 0 spiro atoms. The van der Waals surface area contributed by atoms with Gasteiger partial charge in [-0.1, -0.05) is 59.2 Å². The van der Waals surface area contributed by atoms with Crippen molar-refractivity contribution < 1.29 is 23.6 Å². The molecule has 0 aliphatic carbocycles. The first-order valence-electron chi connectivity index (χ1n) is 9.40. The number of rotatable bonds is 7. The number of amides is 2. The van der Waals surface area contributed by atoms with Crippen molar-refractivity contribution in [3.05, 3.63) is 82.6 Å². The van der Waals surface area contributed by atoms with Gasteiger partial charge in [0.15, 0.2) is 5.82 Å². The van der Waals surface area contributed by atoms with Gasteiger partial charge in [0.2, 0.25) is 6.10 Å². The quantitative estimate of drug-likeness (QED) is 0.541. The fourth-order valence-electron chi connectivity index (χ4n) is 2.71. The Bertz CT molecular complexity index is 1080. The van der Waals surface area contributed by atoms with Crippen LogP contribution in [-0.2, 0) is 14.3 Å². The highest BCUT2D eigenvalue weighted by Gasteiger charge is 2.29. The van der Waals surface area contributed by atoms with Crippen molar-refractivity contribution in [3.8, 4) is 0 Å². The molecule has 2 N–H and O–H groups in total. The Balaban J connectivity index is 1.72. The molecular weight excluding hydrogens is 422 g/mol. The van der Waals surface area contributed by atoms with Gasteiger partial charge in [0, 0.05) is 11.6 Å². The molecule has 1 aromatic heterocycles. The topological polar surface area (TPSA) is 111 Å². The Morgan fingerprint density at radius 3 is 2.39 bits per heavy atom. The molecule has 2 atom stereocenters. The third-order valence-corrected chi connectivity index (χ3v) is 4.60. The molecule has 0 aliphatic rings. The number of benzene rings is 2.